The lowest BCUT2D eigenvalue weighted by Gasteiger charge is -2.32. The molecule has 2 aromatic heterocycles. The Balaban J connectivity index is 1.31. The van der Waals surface area contributed by atoms with E-state index in [0.717, 1.165) is 43.5 Å². The molecule has 1 aliphatic carbocycles. The number of halogens is 1. The summed E-state index contributed by atoms with van der Waals surface area (Å²) >= 11 is 6.47. The molecule has 7 nitrogen and oxygen atoms in total. The van der Waals surface area contributed by atoms with E-state index in [2.05, 4.69) is 29.2 Å². The van der Waals surface area contributed by atoms with Gasteiger partial charge in [0.15, 0.2) is 0 Å². The number of carbonyl (C=O) groups excluding carboxylic acids is 2. The third-order valence-corrected chi connectivity index (χ3v) is 7.35. The topological polar surface area (TPSA) is 80.1 Å². The van der Waals surface area contributed by atoms with Crippen LogP contribution in [0.4, 0.5) is 5.82 Å². The number of nitrogens with one attached hydrogen (secondary N) is 1. The molecule has 1 saturated heterocycles. The minimum atomic E-state index is -0.0665. The molecule has 2 aliphatic heterocycles. The molecule has 5 rings (SSSR count). The van der Waals surface area contributed by atoms with Crippen molar-refractivity contribution < 1.29 is 9.59 Å². The number of likely N-dealkylation sites (tertiary alicyclic amines) is 1. The number of amides is 2. The third-order valence-electron chi connectivity index (χ3n) is 7.05. The van der Waals surface area contributed by atoms with Gasteiger partial charge in [-0.15, -0.1) is 0 Å². The minimum Gasteiger partial charge on any atom is -0.339 e. The van der Waals surface area contributed by atoms with Gasteiger partial charge in [0.05, 0.1) is 11.2 Å². The van der Waals surface area contributed by atoms with Gasteiger partial charge in [0.1, 0.15) is 5.82 Å². The number of aromatic nitrogens is 3. The highest BCUT2D eigenvalue weighted by Crippen LogP contribution is 2.43. The smallest absolute Gasteiger partial charge is 0.225 e. The van der Waals surface area contributed by atoms with Crippen LogP contribution in [0.15, 0.2) is 18.5 Å². The fraction of sp³-hybridized carbons (Fsp3) is 0.565. The van der Waals surface area contributed by atoms with Gasteiger partial charge in [-0.2, -0.15) is 5.10 Å². The van der Waals surface area contributed by atoms with E-state index < -0.39 is 0 Å². The first-order valence-electron chi connectivity index (χ1n) is 11.0. The highest BCUT2D eigenvalue weighted by molar-refractivity contribution is 6.33. The van der Waals surface area contributed by atoms with Crippen molar-refractivity contribution in [2.45, 2.75) is 59.0 Å². The maximum absolute atomic E-state index is 12.8. The monoisotopic (exact) mass is 441 g/mol. The van der Waals surface area contributed by atoms with Crippen molar-refractivity contribution >= 4 is 29.2 Å². The molecule has 2 amide bonds. The van der Waals surface area contributed by atoms with Crippen molar-refractivity contribution in [1.82, 2.24) is 19.7 Å². The van der Waals surface area contributed by atoms with Crippen LogP contribution in [0.3, 0.4) is 0 Å². The zero-order valence-electron chi connectivity index (χ0n) is 18.2. The molecule has 1 N–H and O–H groups in total. The van der Waals surface area contributed by atoms with E-state index in [1.165, 1.54) is 5.69 Å². The molecule has 31 heavy (non-hydrogen) atoms. The van der Waals surface area contributed by atoms with Crippen LogP contribution in [-0.4, -0.2) is 44.1 Å². The standard InChI is InChI=1S/C23H28ClN5O2/c1-13(30)28-11-14-4-15(19(28)5-14)6-22(31)27-21-7-16(18(24)10-25-21)17-9-26-29-12-23(2,3)8-20(17)29/h7,9-10,14-15,19H,4-6,8,11-12H2,1-3H3,(H,25,27,31)/t14-,15+,19-/m0/s1. The Hall–Kier alpha value is -2.41. The summed E-state index contributed by atoms with van der Waals surface area (Å²) in [6.45, 7) is 7.80. The number of hydrogen-bond donors (Lipinski definition) is 1. The van der Waals surface area contributed by atoms with Gasteiger partial charge in [-0.05, 0) is 42.6 Å². The molecule has 2 bridgehead atoms. The van der Waals surface area contributed by atoms with Crippen molar-refractivity contribution in [3.8, 4) is 11.1 Å². The average molecular weight is 442 g/mol. The van der Waals surface area contributed by atoms with E-state index >= 15 is 0 Å². The molecule has 3 atom stereocenters. The summed E-state index contributed by atoms with van der Waals surface area (Å²) in [6, 6.07) is 2.03. The first-order valence-corrected chi connectivity index (χ1v) is 11.4. The van der Waals surface area contributed by atoms with E-state index in [9.17, 15) is 9.59 Å². The van der Waals surface area contributed by atoms with Crippen LogP contribution >= 0.6 is 11.6 Å². The Morgan fingerprint density at radius 1 is 1.26 bits per heavy atom. The van der Waals surface area contributed by atoms with E-state index in [4.69, 9.17) is 11.6 Å². The molecule has 3 aliphatic rings. The van der Waals surface area contributed by atoms with E-state index in [1.54, 1.807) is 13.1 Å². The molecular formula is C23H28ClN5O2. The predicted molar refractivity (Wildman–Crippen MR) is 119 cm³/mol. The van der Waals surface area contributed by atoms with Gasteiger partial charge in [-0.1, -0.05) is 25.4 Å². The largest absolute Gasteiger partial charge is 0.339 e. The number of carbonyl (C=O) groups is 2. The van der Waals surface area contributed by atoms with Crippen molar-refractivity contribution in [3.63, 3.8) is 0 Å². The first-order chi connectivity index (χ1) is 14.7. The number of rotatable bonds is 4. The third kappa shape index (κ3) is 3.73. The molecule has 2 fully saturated rings. The molecule has 8 heteroatoms. The van der Waals surface area contributed by atoms with E-state index in [0.29, 0.717) is 23.2 Å². The van der Waals surface area contributed by atoms with Crippen molar-refractivity contribution in [2.75, 3.05) is 11.9 Å². The van der Waals surface area contributed by atoms with Crippen LogP contribution in [0.2, 0.25) is 5.02 Å². The van der Waals surface area contributed by atoms with Gasteiger partial charge in [0, 0.05) is 55.5 Å². The quantitative estimate of drug-likeness (QED) is 0.783. The molecule has 0 aromatic carbocycles. The number of pyridine rings is 1. The van der Waals surface area contributed by atoms with Gasteiger partial charge < -0.3 is 10.2 Å². The number of nitrogens with zero attached hydrogens (tertiary/aromatic N) is 4. The lowest BCUT2D eigenvalue weighted by Crippen LogP contribution is -2.42. The average Bonchev–Trinajstić information content (AvgIpc) is 3.42. The molecule has 164 valence electrons. The molecule has 0 unspecified atom stereocenters. The second-order valence-electron chi connectivity index (χ2n) is 10.1. The Morgan fingerprint density at radius 3 is 2.81 bits per heavy atom. The highest BCUT2D eigenvalue weighted by Gasteiger charge is 2.46. The van der Waals surface area contributed by atoms with Gasteiger partial charge in [0.25, 0.3) is 0 Å². The fourth-order valence-electron chi connectivity index (χ4n) is 5.76. The second-order valence-corrected chi connectivity index (χ2v) is 10.5. The molecule has 4 heterocycles. The van der Waals surface area contributed by atoms with E-state index in [1.807, 2.05) is 21.8 Å². The fourth-order valence-corrected chi connectivity index (χ4v) is 5.96. The molecular weight excluding hydrogens is 414 g/mol. The molecule has 0 radical (unpaired) electrons. The summed E-state index contributed by atoms with van der Waals surface area (Å²) in [5, 5.41) is 8.02. The Kier molecular flexibility index (Phi) is 4.84. The number of piperidine rings is 1. The van der Waals surface area contributed by atoms with Gasteiger partial charge >= 0.3 is 0 Å². The lowest BCUT2D eigenvalue weighted by molar-refractivity contribution is -0.132. The van der Waals surface area contributed by atoms with Gasteiger partial charge in [-0.3, -0.25) is 14.3 Å². The number of hydrogen-bond acceptors (Lipinski definition) is 4. The van der Waals surface area contributed by atoms with Crippen LogP contribution in [-0.2, 0) is 22.6 Å². The summed E-state index contributed by atoms with van der Waals surface area (Å²) in [5.41, 5.74) is 3.18. The highest BCUT2D eigenvalue weighted by atomic mass is 35.5. The normalized spacial score (nSPS) is 25.7. The number of fused-ring (bicyclic) bond motifs is 3. The Labute approximate surface area is 187 Å². The zero-order chi connectivity index (χ0) is 21.9. The van der Waals surface area contributed by atoms with Crippen LogP contribution in [0.25, 0.3) is 11.1 Å². The Bertz CT molecular complexity index is 1060. The summed E-state index contributed by atoms with van der Waals surface area (Å²) < 4.78 is 2.04. The lowest BCUT2D eigenvalue weighted by atomic mass is 9.89. The first kappa shape index (κ1) is 20.5. The molecule has 0 spiro atoms. The SMILES string of the molecule is CC(=O)N1C[C@H]2C[C@H](CC(=O)Nc3cc(-c4cnn5c4CC(C)(C)C5)c(Cl)cn3)[C@@H]1C2. The Morgan fingerprint density at radius 2 is 2.06 bits per heavy atom. The van der Waals surface area contributed by atoms with Crippen LogP contribution < -0.4 is 5.32 Å². The minimum absolute atomic E-state index is 0.0665. The van der Waals surface area contributed by atoms with Crippen LogP contribution in [0, 0.1) is 17.3 Å². The summed E-state index contributed by atoms with van der Waals surface area (Å²) in [4.78, 5) is 30.9. The molecule has 2 aromatic rings. The second kappa shape index (κ2) is 7.33. The number of anilines is 1. The molecule has 1 saturated carbocycles. The van der Waals surface area contributed by atoms with Crippen molar-refractivity contribution in [3.05, 3.63) is 29.2 Å². The van der Waals surface area contributed by atoms with Gasteiger partial charge in [-0.25, -0.2) is 4.98 Å². The van der Waals surface area contributed by atoms with Crippen molar-refractivity contribution in [1.29, 1.82) is 0 Å². The van der Waals surface area contributed by atoms with Gasteiger partial charge in [0.2, 0.25) is 11.8 Å². The van der Waals surface area contributed by atoms with Crippen molar-refractivity contribution in [2.24, 2.45) is 17.3 Å². The maximum Gasteiger partial charge on any atom is 0.225 e. The van der Waals surface area contributed by atoms with Crippen LogP contribution in [0.1, 0.15) is 45.7 Å². The zero-order valence-corrected chi connectivity index (χ0v) is 18.9. The van der Waals surface area contributed by atoms with Crippen LogP contribution in [0.5, 0.6) is 0 Å². The predicted octanol–water partition coefficient (Wildman–Crippen LogP) is 3.77. The maximum atomic E-state index is 12.8. The summed E-state index contributed by atoms with van der Waals surface area (Å²) in [6.07, 6.45) is 6.81. The van der Waals surface area contributed by atoms with E-state index in [-0.39, 0.29) is 29.2 Å². The summed E-state index contributed by atoms with van der Waals surface area (Å²) in [5.74, 6) is 1.28. The summed E-state index contributed by atoms with van der Waals surface area (Å²) in [7, 11) is 0.